The van der Waals surface area contributed by atoms with E-state index in [1.807, 2.05) is 62.4 Å². The summed E-state index contributed by atoms with van der Waals surface area (Å²) in [6.07, 6.45) is 0. The molecule has 1 N–H and O–H groups in total. The van der Waals surface area contributed by atoms with Crippen LogP contribution in [0.15, 0.2) is 53.0 Å². The minimum Gasteiger partial charge on any atom is -0.484 e. The molecule has 2 aromatic carbocycles. The lowest BCUT2D eigenvalue weighted by Gasteiger charge is -2.29. The molecular weight excluding hydrogens is 468 g/mol. The molecule has 5 nitrogen and oxygen atoms in total. The minimum atomic E-state index is -0.614. The largest absolute Gasteiger partial charge is 0.484 e. The molecule has 6 heteroatoms. The van der Waals surface area contributed by atoms with Crippen molar-refractivity contribution in [2.75, 3.05) is 13.2 Å². The average molecular weight is 503 g/mol. The fourth-order valence-corrected chi connectivity index (χ4v) is 3.37. The summed E-state index contributed by atoms with van der Waals surface area (Å²) >= 11 is 3.43. The summed E-state index contributed by atoms with van der Waals surface area (Å²) in [5.41, 5.74) is 2.19. The van der Waals surface area contributed by atoms with Crippen LogP contribution < -0.4 is 10.1 Å². The lowest BCUT2D eigenvalue weighted by Crippen LogP contribution is -2.49. The summed E-state index contributed by atoms with van der Waals surface area (Å²) in [6.45, 7) is 13.0. The Bertz CT molecular complexity index is 887. The zero-order valence-electron chi connectivity index (χ0n) is 19.9. The summed E-state index contributed by atoms with van der Waals surface area (Å²) in [5.74, 6) is 0.562. The molecule has 0 fully saturated rings. The van der Waals surface area contributed by atoms with E-state index in [1.165, 1.54) is 5.56 Å². The van der Waals surface area contributed by atoms with Crippen molar-refractivity contribution in [1.82, 2.24) is 10.2 Å². The van der Waals surface area contributed by atoms with E-state index < -0.39 is 6.04 Å². The Morgan fingerprint density at radius 2 is 1.59 bits per heavy atom. The van der Waals surface area contributed by atoms with Gasteiger partial charge in [0.2, 0.25) is 5.91 Å². The van der Waals surface area contributed by atoms with Gasteiger partial charge in [-0.2, -0.15) is 0 Å². The molecule has 0 spiro atoms. The van der Waals surface area contributed by atoms with Crippen LogP contribution in [0.25, 0.3) is 0 Å². The molecule has 0 bridgehead atoms. The highest BCUT2D eigenvalue weighted by Gasteiger charge is 2.26. The second kappa shape index (κ2) is 11.5. The van der Waals surface area contributed by atoms with Gasteiger partial charge in [0.1, 0.15) is 11.8 Å². The first-order chi connectivity index (χ1) is 15.0. The Morgan fingerprint density at radius 1 is 1.00 bits per heavy atom. The number of amides is 2. The molecule has 0 saturated carbocycles. The lowest BCUT2D eigenvalue weighted by atomic mass is 9.87. The molecule has 0 aliphatic carbocycles. The van der Waals surface area contributed by atoms with Gasteiger partial charge in [-0.1, -0.05) is 74.8 Å². The number of nitrogens with zero attached hydrogens (tertiary/aromatic N) is 1. The van der Waals surface area contributed by atoms with E-state index in [2.05, 4.69) is 42.0 Å². The third kappa shape index (κ3) is 7.97. The second-order valence-corrected chi connectivity index (χ2v) is 10.4. The number of ether oxygens (including phenoxy) is 1. The molecule has 0 aliphatic rings. The molecule has 0 aromatic heterocycles. The molecule has 0 radical (unpaired) electrons. The van der Waals surface area contributed by atoms with Gasteiger partial charge >= 0.3 is 0 Å². The van der Waals surface area contributed by atoms with Crippen molar-refractivity contribution in [3.63, 3.8) is 0 Å². The third-order valence-corrected chi connectivity index (χ3v) is 5.73. The molecule has 0 unspecified atom stereocenters. The van der Waals surface area contributed by atoms with Gasteiger partial charge in [0.25, 0.3) is 5.91 Å². The smallest absolute Gasteiger partial charge is 0.261 e. The summed E-state index contributed by atoms with van der Waals surface area (Å²) in [6, 6.07) is 14.9. The van der Waals surface area contributed by atoms with E-state index in [4.69, 9.17) is 4.74 Å². The molecule has 174 valence electrons. The maximum absolute atomic E-state index is 13.1. The number of hydrogen-bond donors (Lipinski definition) is 1. The van der Waals surface area contributed by atoms with Crippen molar-refractivity contribution in [1.29, 1.82) is 0 Å². The standard InChI is InChI=1S/C26H35BrN2O3/c1-18(2)15-28-25(31)19(3)29(16-20-7-11-22(27)12-8-20)24(30)17-32-23-13-9-21(10-14-23)26(4,5)6/h7-14,18-19H,15-17H2,1-6H3,(H,28,31)/t19-/m1/s1. The number of hydrogen-bond acceptors (Lipinski definition) is 3. The molecule has 2 aromatic rings. The maximum Gasteiger partial charge on any atom is 0.261 e. The fourth-order valence-electron chi connectivity index (χ4n) is 3.10. The molecule has 0 saturated heterocycles. The Balaban J connectivity index is 2.11. The molecule has 0 aliphatic heterocycles. The van der Waals surface area contributed by atoms with Gasteiger partial charge in [0.05, 0.1) is 0 Å². The maximum atomic E-state index is 13.1. The fraction of sp³-hybridized carbons (Fsp3) is 0.462. The van der Waals surface area contributed by atoms with Gasteiger partial charge in [-0.3, -0.25) is 9.59 Å². The zero-order chi connectivity index (χ0) is 23.9. The highest BCUT2D eigenvalue weighted by atomic mass is 79.9. The topological polar surface area (TPSA) is 58.6 Å². The quantitative estimate of drug-likeness (QED) is 0.504. The van der Waals surface area contributed by atoms with E-state index in [0.717, 1.165) is 10.0 Å². The Morgan fingerprint density at radius 3 is 2.12 bits per heavy atom. The Hall–Kier alpha value is -2.34. The van der Waals surface area contributed by atoms with Gasteiger partial charge in [-0.15, -0.1) is 0 Å². The number of carbonyl (C=O) groups is 2. The van der Waals surface area contributed by atoms with Crippen molar-refractivity contribution in [2.45, 2.75) is 59.5 Å². The van der Waals surface area contributed by atoms with Crippen LogP contribution in [0.4, 0.5) is 0 Å². The summed E-state index contributed by atoms with van der Waals surface area (Å²) in [7, 11) is 0. The van der Waals surface area contributed by atoms with Crippen molar-refractivity contribution in [3.05, 3.63) is 64.1 Å². The summed E-state index contributed by atoms with van der Waals surface area (Å²) < 4.78 is 6.73. The van der Waals surface area contributed by atoms with Gasteiger partial charge in [0.15, 0.2) is 6.61 Å². The van der Waals surface area contributed by atoms with E-state index in [1.54, 1.807) is 11.8 Å². The first-order valence-electron chi connectivity index (χ1n) is 11.0. The highest BCUT2D eigenvalue weighted by Crippen LogP contribution is 2.24. The first kappa shape index (κ1) is 25.9. The predicted octanol–water partition coefficient (Wildman–Crippen LogP) is 5.31. The van der Waals surface area contributed by atoms with Crippen LogP contribution in [0, 0.1) is 5.92 Å². The monoisotopic (exact) mass is 502 g/mol. The predicted molar refractivity (Wildman–Crippen MR) is 133 cm³/mol. The number of rotatable bonds is 9. The van der Waals surface area contributed by atoms with Crippen molar-refractivity contribution in [3.8, 4) is 5.75 Å². The van der Waals surface area contributed by atoms with Crippen LogP contribution in [0.1, 0.15) is 52.7 Å². The third-order valence-electron chi connectivity index (χ3n) is 5.20. The Kier molecular flexibility index (Phi) is 9.32. The van der Waals surface area contributed by atoms with Crippen molar-refractivity contribution < 1.29 is 14.3 Å². The van der Waals surface area contributed by atoms with Crippen molar-refractivity contribution >= 4 is 27.7 Å². The van der Waals surface area contributed by atoms with Crippen LogP contribution in [-0.2, 0) is 21.5 Å². The summed E-state index contributed by atoms with van der Waals surface area (Å²) in [4.78, 5) is 27.4. The zero-order valence-corrected chi connectivity index (χ0v) is 21.5. The van der Waals surface area contributed by atoms with Crippen LogP contribution in [0.2, 0.25) is 0 Å². The van der Waals surface area contributed by atoms with E-state index in [9.17, 15) is 9.59 Å². The van der Waals surface area contributed by atoms with E-state index in [0.29, 0.717) is 24.8 Å². The minimum absolute atomic E-state index is 0.0502. The Labute approximate surface area is 200 Å². The number of halogens is 1. The molecular formula is C26H35BrN2O3. The lowest BCUT2D eigenvalue weighted by molar-refractivity contribution is -0.142. The van der Waals surface area contributed by atoms with Crippen LogP contribution in [0.3, 0.4) is 0 Å². The number of benzene rings is 2. The second-order valence-electron chi connectivity index (χ2n) is 9.53. The van der Waals surface area contributed by atoms with Crippen LogP contribution >= 0.6 is 15.9 Å². The van der Waals surface area contributed by atoms with E-state index >= 15 is 0 Å². The van der Waals surface area contributed by atoms with E-state index in [-0.39, 0.29) is 23.8 Å². The van der Waals surface area contributed by atoms with Crippen LogP contribution in [-0.4, -0.2) is 35.9 Å². The highest BCUT2D eigenvalue weighted by molar-refractivity contribution is 9.10. The normalized spacial score (nSPS) is 12.4. The summed E-state index contributed by atoms with van der Waals surface area (Å²) in [5, 5.41) is 2.93. The number of nitrogens with one attached hydrogen (secondary N) is 1. The number of carbonyl (C=O) groups excluding carboxylic acids is 2. The van der Waals surface area contributed by atoms with Gasteiger partial charge in [-0.25, -0.2) is 0 Å². The van der Waals surface area contributed by atoms with Gasteiger partial charge in [0, 0.05) is 17.6 Å². The molecule has 2 rings (SSSR count). The molecule has 1 atom stereocenters. The van der Waals surface area contributed by atoms with Gasteiger partial charge < -0.3 is 15.0 Å². The molecule has 0 heterocycles. The van der Waals surface area contributed by atoms with Gasteiger partial charge in [-0.05, 0) is 53.6 Å². The van der Waals surface area contributed by atoms with Crippen LogP contribution in [0.5, 0.6) is 5.75 Å². The van der Waals surface area contributed by atoms with Crippen molar-refractivity contribution in [2.24, 2.45) is 5.92 Å². The molecule has 2 amide bonds. The average Bonchev–Trinajstić information content (AvgIpc) is 2.74. The SMILES string of the molecule is CC(C)CNC(=O)[C@@H](C)N(Cc1ccc(Br)cc1)C(=O)COc1ccc(C(C)(C)C)cc1. The first-order valence-corrected chi connectivity index (χ1v) is 11.8. The molecule has 32 heavy (non-hydrogen) atoms.